The van der Waals surface area contributed by atoms with E-state index in [1.54, 1.807) is 56.7 Å². The number of rotatable bonds is 7. The molecule has 5 nitrogen and oxygen atoms in total. The number of carbonyl (C=O) groups excluding carboxylic acids is 1. The SMILES string of the molecule is COc1ccc(/C=C/C(=O)c2ccc(/C=C/C(=O)O)cc2)cc1OC. The van der Waals surface area contributed by atoms with Gasteiger partial charge in [0.05, 0.1) is 14.2 Å². The summed E-state index contributed by atoms with van der Waals surface area (Å²) in [5, 5.41) is 8.60. The van der Waals surface area contributed by atoms with Crippen LogP contribution >= 0.6 is 0 Å². The molecule has 0 fully saturated rings. The third-order valence-electron chi connectivity index (χ3n) is 3.45. The topological polar surface area (TPSA) is 72.8 Å². The van der Waals surface area contributed by atoms with Crippen molar-refractivity contribution in [2.45, 2.75) is 0 Å². The lowest BCUT2D eigenvalue weighted by Gasteiger charge is -2.07. The number of hydrogen-bond acceptors (Lipinski definition) is 4. The van der Waals surface area contributed by atoms with Crippen molar-refractivity contribution in [3.63, 3.8) is 0 Å². The highest BCUT2D eigenvalue weighted by atomic mass is 16.5. The third-order valence-corrected chi connectivity index (χ3v) is 3.45. The summed E-state index contributed by atoms with van der Waals surface area (Å²) in [5.74, 6) is 0.0456. The predicted molar refractivity (Wildman–Crippen MR) is 96.0 cm³/mol. The molecule has 0 spiro atoms. The summed E-state index contributed by atoms with van der Waals surface area (Å²) in [5.41, 5.74) is 2.04. The molecule has 0 saturated carbocycles. The fourth-order valence-electron chi connectivity index (χ4n) is 2.15. The van der Waals surface area contributed by atoms with Gasteiger partial charge >= 0.3 is 5.97 Å². The Hall–Kier alpha value is -3.34. The summed E-state index contributed by atoms with van der Waals surface area (Å²) in [4.78, 5) is 22.7. The summed E-state index contributed by atoms with van der Waals surface area (Å²) in [7, 11) is 3.11. The van der Waals surface area contributed by atoms with Crippen molar-refractivity contribution >= 4 is 23.9 Å². The third kappa shape index (κ3) is 5.07. The molecule has 128 valence electrons. The van der Waals surface area contributed by atoms with E-state index in [0.29, 0.717) is 22.6 Å². The lowest BCUT2D eigenvalue weighted by molar-refractivity contribution is -0.131. The molecule has 0 amide bonds. The van der Waals surface area contributed by atoms with Crippen LogP contribution in [0.4, 0.5) is 0 Å². The van der Waals surface area contributed by atoms with E-state index in [9.17, 15) is 9.59 Å². The highest BCUT2D eigenvalue weighted by Crippen LogP contribution is 2.28. The molecule has 0 unspecified atom stereocenters. The highest BCUT2D eigenvalue weighted by molar-refractivity contribution is 6.06. The lowest BCUT2D eigenvalue weighted by atomic mass is 10.1. The van der Waals surface area contributed by atoms with Crippen molar-refractivity contribution in [2.24, 2.45) is 0 Å². The first-order chi connectivity index (χ1) is 12.0. The van der Waals surface area contributed by atoms with Gasteiger partial charge in [0, 0.05) is 11.6 Å². The molecular weight excluding hydrogens is 320 g/mol. The highest BCUT2D eigenvalue weighted by Gasteiger charge is 2.04. The van der Waals surface area contributed by atoms with Crippen LogP contribution in [0.25, 0.3) is 12.2 Å². The number of carboxylic acids is 1. The Morgan fingerprint density at radius 1 is 0.840 bits per heavy atom. The van der Waals surface area contributed by atoms with E-state index in [0.717, 1.165) is 11.6 Å². The number of ether oxygens (including phenoxy) is 2. The molecule has 0 saturated heterocycles. The summed E-state index contributed by atoms with van der Waals surface area (Å²) >= 11 is 0. The van der Waals surface area contributed by atoms with Crippen LogP contribution in [0, 0.1) is 0 Å². The molecule has 0 radical (unpaired) electrons. The first-order valence-electron chi connectivity index (χ1n) is 7.49. The van der Waals surface area contributed by atoms with Crippen LogP contribution in [0.1, 0.15) is 21.5 Å². The van der Waals surface area contributed by atoms with E-state index in [4.69, 9.17) is 14.6 Å². The van der Waals surface area contributed by atoms with Gasteiger partial charge in [-0.25, -0.2) is 4.79 Å². The minimum absolute atomic E-state index is 0.149. The van der Waals surface area contributed by atoms with Gasteiger partial charge in [-0.3, -0.25) is 4.79 Å². The van der Waals surface area contributed by atoms with E-state index < -0.39 is 5.97 Å². The van der Waals surface area contributed by atoms with E-state index >= 15 is 0 Å². The molecule has 1 N–H and O–H groups in total. The first-order valence-corrected chi connectivity index (χ1v) is 7.49. The second kappa shape index (κ2) is 8.49. The predicted octanol–water partition coefficient (Wildman–Crippen LogP) is 3.70. The monoisotopic (exact) mass is 338 g/mol. The molecule has 25 heavy (non-hydrogen) atoms. The molecule has 0 aromatic heterocycles. The van der Waals surface area contributed by atoms with Gasteiger partial charge in [0.2, 0.25) is 0 Å². The number of benzene rings is 2. The molecular formula is C20H18O5. The Balaban J connectivity index is 2.11. The van der Waals surface area contributed by atoms with Gasteiger partial charge < -0.3 is 14.6 Å². The van der Waals surface area contributed by atoms with E-state index in [-0.39, 0.29) is 5.78 Å². The number of methoxy groups -OCH3 is 2. The van der Waals surface area contributed by atoms with Gasteiger partial charge in [-0.2, -0.15) is 0 Å². The maximum Gasteiger partial charge on any atom is 0.328 e. The Labute approximate surface area is 145 Å². The summed E-state index contributed by atoms with van der Waals surface area (Å²) in [6, 6.07) is 12.1. The van der Waals surface area contributed by atoms with Gasteiger partial charge in [0.1, 0.15) is 0 Å². The second-order valence-corrected chi connectivity index (χ2v) is 5.11. The molecule has 2 aromatic rings. The summed E-state index contributed by atoms with van der Waals surface area (Å²) in [6.07, 6.45) is 5.69. The Bertz CT molecular complexity index is 816. The van der Waals surface area contributed by atoms with Crippen molar-refractivity contribution in [3.8, 4) is 11.5 Å². The molecule has 0 heterocycles. The van der Waals surface area contributed by atoms with Crippen LogP contribution in [0.5, 0.6) is 11.5 Å². The second-order valence-electron chi connectivity index (χ2n) is 5.11. The van der Waals surface area contributed by atoms with Crippen molar-refractivity contribution in [2.75, 3.05) is 14.2 Å². The van der Waals surface area contributed by atoms with Crippen LogP contribution in [0.15, 0.2) is 54.6 Å². The van der Waals surface area contributed by atoms with Crippen molar-refractivity contribution in [1.82, 2.24) is 0 Å². The van der Waals surface area contributed by atoms with E-state index in [2.05, 4.69) is 0 Å². The zero-order chi connectivity index (χ0) is 18.2. The molecule has 0 bridgehead atoms. The van der Waals surface area contributed by atoms with E-state index in [1.165, 1.54) is 12.2 Å². The zero-order valence-electron chi connectivity index (χ0n) is 13.9. The standard InChI is InChI=1S/C20H18O5/c1-24-18-11-6-15(13-19(18)25-2)5-10-17(21)16-8-3-14(4-9-16)7-12-20(22)23/h3-13H,1-2H3,(H,22,23)/b10-5+,12-7+. The van der Waals surface area contributed by atoms with Gasteiger partial charge in [0.25, 0.3) is 0 Å². The van der Waals surface area contributed by atoms with E-state index in [1.807, 2.05) is 6.07 Å². The fraction of sp³-hybridized carbons (Fsp3) is 0.100. The molecule has 0 atom stereocenters. The van der Waals surface area contributed by atoms with Gasteiger partial charge in [0.15, 0.2) is 17.3 Å². The molecule has 0 aliphatic carbocycles. The largest absolute Gasteiger partial charge is 0.493 e. The number of carbonyl (C=O) groups is 2. The van der Waals surface area contributed by atoms with Gasteiger partial charge in [-0.05, 0) is 35.4 Å². The van der Waals surface area contributed by atoms with Crippen LogP contribution in [-0.2, 0) is 4.79 Å². The zero-order valence-corrected chi connectivity index (χ0v) is 13.9. The van der Waals surface area contributed by atoms with Crippen molar-refractivity contribution in [3.05, 3.63) is 71.3 Å². The number of hydrogen-bond donors (Lipinski definition) is 1. The molecule has 5 heteroatoms. The number of aliphatic carboxylic acids is 1. The van der Waals surface area contributed by atoms with Crippen LogP contribution in [0.2, 0.25) is 0 Å². The minimum atomic E-state index is -1.02. The number of carboxylic acid groups (broad SMARTS) is 1. The maximum atomic E-state index is 12.2. The summed E-state index contributed by atoms with van der Waals surface area (Å²) < 4.78 is 10.4. The average molecular weight is 338 g/mol. The Morgan fingerprint density at radius 3 is 2.04 bits per heavy atom. The fourth-order valence-corrected chi connectivity index (χ4v) is 2.15. The normalized spacial score (nSPS) is 11.0. The minimum Gasteiger partial charge on any atom is -0.493 e. The van der Waals surface area contributed by atoms with Crippen LogP contribution < -0.4 is 9.47 Å². The first kappa shape index (κ1) is 18.0. The summed E-state index contributed by atoms with van der Waals surface area (Å²) in [6.45, 7) is 0. The Morgan fingerprint density at radius 2 is 1.44 bits per heavy atom. The van der Waals surface area contributed by atoms with Crippen molar-refractivity contribution in [1.29, 1.82) is 0 Å². The molecule has 2 aromatic carbocycles. The number of allylic oxidation sites excluding steroid dienone is 1. The Kier molecular flexibility index (Phi) is 6.12. The molecule has 0 aliphatic rings. The van der Waals surface area contributed by atoms with Gasteiger partial charge in [-0.1, -0.05) is 36.4 Å². The van der Waals surface area contributed by atoms with Gasteiger partial charge in [-0.15, -0.1) is 0 Å². The smallest absolute Gasteiger partial charge is 0.328 e. The molecule has 2 rings (SSSR count). The van der Waals surface area contributed by atoms with Crippen molar-refractivity contribution < 1.29 is 24.2 Å². The van der Waals surface area contributed by atoms with Crippen LogP contribution in [-0.4, -0.2) is 31.1 Å². The molecule has 0 aliphatic heterocycles. The number of ketones is 1. The average Bonchev–Trinajstić information content (AvgIpc) is 2.64. The lowest BCUT2D eigenvalue weighted by Crippen LogP contribution is -1.94. The maximum absolute atomic E-state index is 12.2. The quantitative estimate of drug-likeness (QED) is 0.615. The van der Waals surface area contributed by atoms with Crippen LogP contribution in [0.3, 0.4) is 0 Å².